The van der Waals surface area contributed by atoms with Crippen molar-refractivity contribution in [3.63, 3.8) is 0 Å². The van der Waals surface area contributed by atoms with Gasteiger partial charge in [0, 0.05) is 25.1 Å². The van der Waals surface area contributed by atoms with E-state index in [1.54, 1.807) is 7.11 Å². The lowest BCUT2D eigenvalue weighted by molar-refractivity contribution is -0.352. The molecular formula is C22H24ClF4N3O5. The second kappa shape index (κ2) is 10.7. The second-order valence-corrected chi connectivity index (χ2v) is 9.06. The van der Waals surface area contributed by atoms with Crippen LogP contribution in [0.3, 0.4) is 0 Å². The monoisotopic (exact) mass is 521 g/mol. The number of benzene rings is 1. The van der Waals surface area contributed by atoms with Gasteiger partial charge < -0.3 is 19.2 Å². The third kappa shape index (κ3) is 6.62. The van der Waals surface area contributed by atoms with E-state index in [-0.39, 0.29) is 60.1 Å². The summed E-state index contributed by atoms with van der Waals surface area (Å²) in [7, 11) is 1.54. The van der Waals surface area contributed by atoms with Crippen molar-refractivity contribution in [3.05, 3.63) is 40.8 Å². The van der Waals surface area contributed by atoms with Gasteiger partial charge in [-0.1, -0.05) is 11.6 Å². The summed E-state index contributed by atoms with van der Waals surface area (Å²) < 4.78 is 71.1. The van der Waals surface area contributed by atoms with E-state index in [9.17, 15) is 22.4 Å². The van der Waals surface area contributed by atoms with Crippen molar-refractivity contribution in [2.75, 3.05) is 13.7 Å². The maximum absolute atomic E-state index is 13.5. The maximum atomic E-state index is 13.5. The van der Waals surface area contributed by atoms with Gasteiger partial charge in [-0.15, -0.1) is 23.4 Å². The number of nitrogens with one attached hydrogen (secondary N) is 1. The molecule has 1 amide bonds. The first kappa shape index (κ1) is 25.6. The van der Waals surface area contributed by atoms with Crippen LogP contribution in [-0.2, 0) is 14.3 Å². The number of rotatable bonds is 8. The standard InChI is InChI=1S/C22H24ClF4N3O5/c1-32-18-8-12(28-19(31)10-33-13-3-5-16(23)17(24)9-13)2-4-15(18)21-30-29-20(34-21)11-6-14(7-11)35-22(25,26)27/h3,5,9,11-12,14-15,18H,2,4,6-8,10H2,1H3,(H,28,31). The van der Waals surface area contributed by atoms with Crippen LogP contribution >= 0.6 is 11.6 Å². The van der Waals surface area contributed by atoms with Crippen LogP contribution in [-0.4, -0.2) is 54.4 Å². The van der Waals surface area contributed by atoms with Crippen LogP contribution in [0.5, 0.6) is 5.75 Å². The molecule has 8 nitrogen and oxygen atoms in total. The number of carbonyl (C=O) groups excluding carboxylic acids is 1. The highest BCUT2D eigenvalue weighted by molar-refractivity contribution is 6.30. The largest absolute Gasteiger partial charge is 0.522 e. The first-order chi connectivity index (χ1) is 16.6. The van der Waals surface area contributed by atoms with Crippen LogP contribution in [0, 0.1) is 5.82 Å². The van der Waals surface area contributed by atoms with E-state index in [1.807, 2.05) is 0 Å². The van der Waals surface area contributed by atoms with E-state index in [0.29, 0.717) is 31.0 Å². The molecule has 2 fully saturated rings. The quantitative estimate of drug-likeness (QED) is 0.511. The highest BCUT2D eigenvalue weighted by atomic mass is 35.5. The topological polar surface area (TPSA) is 95.7 Å². The highest BCUT2D eigenvalue weighted by Crippen LogP contribution is 2.42. The van der Waals surface area contributed by atoms with Crippen molar-refractivity contribution in [1.29, 1.82) is 0 Å². The average molecular weight is 522 g/mol. The van der Waals surface area contributed by atoms with Crippen LogP contribution in [0.4, 0.5) is 17.6 Å². The van der Waals surface area contributed by atoms with Crippen molar-refractivity contribution in [1.82, 2.24) is 15.5 Å². The number of ether oxygens (including phenoxy) is 3. The number of halogens is 5. The molecule has 2 saturated carbocycles. The number of methoxy groups -OCH3 is 1. The molecule has 13 heteroatoms. The summed E-state index contributed by atoms with van der Waals surface area (Å²) in [6.07, 6.45) is -3.83. The summed E-state index contributed by atoms with van der Waals surface area (Å²) in [5.41, 5.74) is 0. The van der Waals surface area contributed by atoms with E-state index in [1.165, 1.54) is 12.1 Å². The fourth-order valence-corrected chi connectivity index (χ4v) is 4.52. The lowest BCUT2D eigenvalue weighted by atomic mass is 9.82. The van der Waals surface area contributed by atoms with Gasteiger partial charge in [0.25, 0.3) is 5.91 Å². The zero-order valence-electron chi connectivity index (χ0n) is 18.7. The number of amides is 1. The number of hydrogen-bond donors (Lipinski definition) is 1. The molecule has 2 aliphatic rings. The molecule has 0 aliphatic heterocycles. The molecule has 1 N–H and O–H groups in total. The number of carbonyl (C=O) groups is 1. The Labute approximate surface area is 203 Å². The van der Waals surface area contributed by atoms with Crippen LogP contribution in [0.2, 0.25) is 5.02 Å². The fourth-order valence-electron chi connectivity index (χ4n) is 4.40. The molecule has 1 aromatic carbocycles. The molecule has 2 aromatic rings. The molecule has 1 aromatic heterocycles. The number of alkyl halides is 3. The summed E-state index contributed by atoms with van der Waals surface area (Å²) in [5.74, 6) is -0.621. The van der Waals surface area contributed by atoms with Gasteiger partial charge in [-0.3, -0.25) is 9.53 Å². The van der Waals surface area contributed by atoms with Crippen molar-refractivity contribution < 1.29 is 41.0 Å². The lowest BCUT2D eigenvalue weighted by Crippen LogP contribution is -2.44. The van der Waals surface area contributed by atoms with Gasteiger partial charge in [-0.2, -0.15) is 0 Å². The van der Waals surface area contributed by atoms with Gasteiger partial charge in [0.05, 0.1) is 23.1 Å². The van der Waals surface area contributed by atoms with Gasteiger partial charge in [0.2, 0.25) is 11.8 Å². The van der Waals surface area contributed by atoms with Crippen molar-refractivity contribution >= 4 is 17.5 Å². The molecule has 0 radical (unpaired) electrons. The Morgan fingerprint density at radius 3 is 2.63 bits per heavy atom. The summed E-state index contributed by atoms with van der Waals surface area (Å²) in [6.45, 7) is -0.286. The minimum Gasteiger partial charge on any atom is -0.484 e. The Kier molecular flexibility index (Phi) is 7.82. The Hall–Kier alpha value is -2.44. The molecule has 2 aliphatic carbocycles. The predicted molar refractivity (Wildman–Crippen MR) is 113 cm³/mol. The summed E-state index contributed by atoms with van der Waals surface area (Å²) in [4.78, 5) is 12.3. The van der Waals surface area contributed by atoms with E-state index >= 15 is 0 Å². The molecule has 0 saturated heterocycles. The number of aromatic nitrogens is 2. The molecule has 3 atom stereocenters. The van der Waals surface area contributed by atoms with Gasteiger partial charge in [0.1, 0.15) is 11.6 Å². The molecule has 0 bridgehead atoms. The summed E-state index contributed by atoms with van der Waals surface area (Å²) in [5, 5.41) is 11.0. The zero-order valence-corrected chi connectivity index (χ0v) is 19.4. The van der Waals surface area contributed by atoms with Gasteiger partial charge in [-0.05, 0) is 44.2 Å². The number of hydrogen-bond acceptors (Lipinski definition) is 7. The molecule has 192 valence electrons. The molecule has 4 rings (SSSR count). The van der Waals surface area contributed by atoms with Gasteiger partial charge in [-0.25, -0.2) is 4.39 Å². The normalized spacial score (nSPS) is 26.7. The van der Waals surface area contributed by atoms with Crippen LogP contribution < -0.4 is 10.1 Å². The predicted octanol–water partition coefficient (Wildman–Crippen LogP) is 4.49. The third-order valence-corrected chi connectivity index (χ3v) is 6.54. The first-order valence-electron chi connectivity index (χ1n) is 11.1. The second-order valence-electron chi connectivity index (χ2n) is 8.66. The van der Waals surface area contributed by atoms with E-state index in [4.69, 9.17) is 25.5 Å². The highest BCUT2D eigenvalue weighted by Gasteiger charge is 2.43. The molecule has 3 unspecified atom stereocenters. The molecule has 0 spiro atoms. The van der Waals surface area contributed by atoms with Crippen LogP contribution in [0.25, 0.3) is 0 Å². The zero-order chi connectivity index (χ0) is 25.2. The Balaban J connectivity index is 1.25. The molecule has 35 heavy (non-hydrogen) atoms. The van der Waals surface area contributed by atoms with Gasteiger partial charge >= 0.3 is 6.36 Å². The lowest BCUT2D eigenvalue weighted by Gasteiger charge is -2.34. The average Bonchev–Trinajstić information content (AvgIpc) is 3.25. The summed E-state index contributed by atoms with van der Waals surface area (Å²) in [6, 6.07) is 3.74. The van der Waals surface area contributed by atoms with Crippen LogP contribution in [0.1, 0.15) is 55.7 Å². The van der Waals surface area contributed by atoms with Crippen molar-refractivity contribution in [3.8, 4) is 5.75 Å². The minimum atomic E-state index is -4.66. The van der Waals surface area contributed by atoms with E-state index in [2.05, 4.69) is 20.3 Å². The van der Waals surface area contributed by atoms with Crippen molar-refractivity contribution in [2.45, 2.75) is 68.6 Å². The van der Waals surface area contributed by atoms with Crippen molar-refractivity contribution in [2.24, 2.45) is 0 Å². The van der Waals surface area contributed by atoms with E-state index < -0.39 is 18.3 Å². The third-order valence-electron chi connectivity index (χ3n) is 6.24. The van der Waals surface area contributed by atoms with E-state index in [0.717, 1.165) is 6.07 Å². The fraction of sp³-hybridized carbons (Fsp3) is 0.591. The molecular weight excluding hydrogens is 498 g/mol. The molecule has 1 heterocycles. The minimum absolute atomic E-state index is 0.0371. The van der Waals surface area contributed by atoms with Gasteiger partial charge in [0.15, 0.2) is 6.61 Å². The Morgan fingerprint density at radius 1 is 1.20 bits per heavy atom. The maximum Gasteiger partial charge on any atom is 0.522 e. The SMILES string of the molecule is COC1CC(NC(=O)COc2ccc(Cl)c(F)c2)CCC1c1nnc(C2CC(OC(F)(F)F)C2)o1. The summed E-state index contributed by atoms with van der Waals surface area (Å²) >= 11 is 5.63. The Morgan fingerprint density at radius 2 is 1.94 bits per heavy atom. The smallest absolute Gasteiger partial charge is 0.484 e. The number of nitrogens with zero attached hydrogens (tertiary/aromatic N) is 2. The Bertz CT molecular complexity index is 1030. The first-order valence-corrected chi connectivity index (χ1v) is 11.5. The van der Waals surface area contributed by atoms with Crippen LogP contribution in [0.15, 0.2) is 22.6 Å².